The van der Waals surface area contributed by atoms with Gasteiger partial charge in [-0.2, -0.15) is 0 Å². The lowest BCUT2D eigenvalue weighted by atomic mass is 9.98. The highest BCUT2D eigenvalue weighted by Gasteiger charge is 2.07. The van der Waals surface area contributed by atoms with E-state index in [9.17, 15) is 4.79 Å². The minimum Gasteiger partial charge on any atom is -0.481 e. The second-order valence-corrected chi connectivity index (χ2v) is 4.88. The number of carboxylic acid groups (broad SMARTS) is 1. The normalized spacial score (nSPS) is 12.1. The van der Waals surface area contributed by atoms with E-state index in [0.29, 0.717) is 12.8 Å². The minimum absolute atomic E-state index is 0.0980. The van der Waals surface area contributed by atoms with Crippen LogP contribution in [0.5, 0.6) is 0 Å². The van der Waals surface area contributed by atoms with E-state index in [4.69, 9.17) is 10.8 Å². The van der Waals surface area contributed by atoms with Gasteiger partial charge in [0.2, 0.25) is 0 Å². The van der Waals surface area contributed by atoms with Gasteiger partial charge in [-0.3, -0.25) is 4.79 Å². The molecule has 0 bridgehead atoms. The van der Waals surface area contributed by atoms with Gasteiger partial charge >= 0.3 is 5.97 Å². The number of rotatable bonds is 6. The molecule has 0 spiro atoms. The summed E-state index contributed by atoms with van der Waals surface area (Å²) in [7, 11) is 0. The van der Waals surface area contributed by atoms with Gasteiger partial charge in [-0.1, -0.05) is 54.6 Å². The van der Waals surface area contributed by atoms with E-state index in [0.717, 1.165) is 11.1 Å². The van der Waals surface area contributed by atoms with E-state index in [2.05, 4.69) is 24.3 Å². The van der Waals surface area contributed by atoms with Crippen LogP contribution >= 0.6 is 0 Å². The maximum absolute atomic E-state index is 10.5. The summed E-state index contributed by atoms with van der Waals surface area (Å²) in [5.41, 5.74) is 9.47. The highest BCUT2D eigenvalue weighted by molar-refractivity contribution is 5.66. The summed E-state index contributed by atoms with van der Waals surface area (Å²) in [5.74, 6) is -0.767. The summed E-state index contributed by atoms with van der Waals surface area (Å²) in [5, 5.41) is 8.62. The molecule has 2 aromatic carbocycles. The third-order valence-electron chi connectivity index (χ3n) is 3.35. The van der Waals surface area contributed by atoms with Crippen LogP contribution in [0.25, 0.3) is 11.1 Å². The Labute approximate surface area is 119 Å². The lowest BCUT2D eigenvalue weighted by Gasteiger charge is -2.12. The molecule has 0 aliphatic rings. The number of carboxylic acids is 1. The van der Waals surface area contributed by atoms with Gasteiger partial charge in [-0.15, -0.1) is 0 Å². The smallest absolute Gasteiger partial charge is 0.303 e. The predicted molar refractivity (Wildman–Crippen MR) is 80.3 cm³/mol. The van der Waals surface area contributed by atoms with Crippen molar-refractivity contribution >= 4 is 5.97 Å². The molecule has 2 aromatic rings. The van der Waals surface area contributed by atoms with Crippen molar-refractivity contribution in [1.82, 2.24) is 0 Å². The van der Waals surface area contributed by atoms with Crippen LogP contribution in [-0.4, -0.2) is 11.1 Å². The maximum atomic E-state index is 10.5. The van der Waals surface area contributed by atoms with E-state index in [1.807, 2.05) is 30.3 Å². The average molecular weight is 269 g/mol. The van der Waals surface area contributed by atoms with Crippen LogP contribution in [0, 0.1) is 0 Å². The molecule has 0 heterocycles. The molecule has 1 atom stereocenters. The first-order valence-corrected chi connectivity index (χ1v) is 6.79. The molecule has 2 rings (SSSR count). The zero-order valence-corrected chi connectivity index (χ0v) is 11.3. The largest absolute Gasteiger partial charge is 0.481 e. The minimum atomic E-state index is -0.767. The first-order chi connectivity index (χ1) is 9.66. The van der Waals surface area contributed by atoms with Crippen LogP contribution in [0.15, 0.2) is 54.6 Å². The molecule has 0 saturated heterocycles. The highest BCUT2D eigenvalue weighted by Crippen LogP contribution is 2.23. The fourth-order valence-electron chi connectivity index (χ4n) is 2.19. The standard InChI is InChI=1S/C17H19NO2/c18-16(7-4-8-17(19)20)15-11-9-14(10-12-15)13-5-2-1-3-6-13/h1-3,5-6,9-12,16H,4,7-8,18H2,(H,19,20). The first kappa shape index (κ1) is 14.3. The Bertz CT molecular complexity index is 549. The van der Waals surface area contributed by atoms with Crippen molar-refractivity contribution < 1.29 is 9.90 Å². The van der Waals surface area contributed by atoms with E-state index in [1.165, 1.54) is 5.56 Å². The fraction of sp³-hybridized carbons (Fsp3) is 0.235. The number of benzene rings is 2. The van der Waals surface area contributed by atoms with Gasteiger partial charge in [0.25, 0.3) is 0 Å². The van der Waals surface area contributed by atoms with E-state index >= 15 is 0 Å². The SMILES string of the molecule is NC(CCCC(=O)O)c1ccc(-c2ccccc2)cc1. The lowest BCUT2D eigenvalue weighted by Crippen LogP contribution is -2.10. The Balaban J connectivity index is 1.99. The number of hydrogen-bond donors (Lipinski definition) is 2. The third-order valence-corrected chi connectivity index (χ3v) is 3.35. The van der Waals surface area contributed by atoms with Gasteiger partial charge in [0, 0.05) is 12.5 Å². The highest BCUT2D eigenvalue weighted by atomic mass is 16.4. The van der Waals surface area contributed by atoms with Crippen molar-refractivity contribution in [2.24, 2.45) is 5.73 Å². The van der Waals surface area contributed by atoms with Crippen LogP contribution in [-0.2, 0) is 4.79 Å². The van der Waals surface area contributed by atoms with Crippen molar-refractivity contribution in [3.05, 3.63) is 60.2 Å². The van der Waals surface area contributed by atoms with E-state index < -0.39 is 5.97 Å². The zero-order chi connectivity index (χ0) is 14.4. The molecule has 0 radical (unpaired) electrons. The Morgan fingerprint density at radius 2 is 1.60 bits per heavy atom. The van der Waals surface area contributed by atoms with E-state index in [1.54, 1.807) is 0 Å². The monoisotopic (exact) mass is 269 g/mol. The first-order valence-electron chi connectivity index (χ1n) is 6.79. The van der Waals surface area contributed by atoms with Crippen molar-refractivity contribution in [1.29, 1.82) is 0 Å². The zero-order valence-electron chi connectivity index (χ0n) is 11.3. The van der Waals surface area contributed by atoms with Gasteiger partial charge < -0.3 is 10.8 Å². The molecule has 1 unspecified atom stereocenters. The van der Waals surface area contributed by atoms with Crippen LogP contribution in [0.2, 0.25) is 0 Å². The molecule has 0 amide bonds. The summed E-state index contributed by atoms with van der Waals surface area (Å²) < 4.78 is 0. The van der Waals surface area contributed by atoms with Crippen molar-refractivity contribution in [3.8, 4) is 11.1 Å². The molecule has 3 nitrogen and oxygen atoms in total. The second kappa shape index (κ2) is 6.87. The molecule has 0 aliphatic carbocycles. The summed E-state index contributed by atoms with van der Waals surface area (Å²) in [6, 6.07) is 18.2. The Kier molecular flexibility index (Phi) is 4.91. The van der Waals surface area contributed by atoms with E-state index in [-0.39, 0.29) is 12.5 Å². The lowest BCUT2D eigenvalue weighted by molar-refractivity contribution is -0.137. The third kappa shape index (κ3) is 3.93. The van der Waals surface area contributed by atoms with Gasteiger partial charge in [0.05, 0.1) is 0 Å². The second-order valence-electron chi connectivity index (χ2n) is 4.88. The maximum Gasteiger partial charge on any atom is 0.303 e. The van der Waals surface area contributed by atoms with Gasteiger partial charge in [-0.25, -0.2) is 0 Å². The van der Waals surface area contributed by atoms with Crippen LogP contribution < -0.4 is 5.73 Å². The molecule has 0 fully saturated rings. The number of hydrogen-bond acceptors (Lipinski definition) is 2. The predicted octanol–water partition coefficient (Wildman–Crippen LogP) is 3.61. The Morgan fingerprint density at radius 3 is 2.20 bits per heavy atom. The molecule has 0 saturated carbocycles. The Morgan fingerprint density at radius 1 is 1.00 bits per heavy atom. The molecular formula is C17H19NO2. The Hall–Kier alpha value is -2.13. The average Bonchev–Trinajstić information content (AvgIpc) is 2.48. The summed E-state index contributed by atoms with van der Waals surface area (Å²) >= 11 is 0. The molecule has 20 heavy (non-hydrogen) atoms. The molecule has 0 aliphatic heterocycles. The molecule has 0 aromatic heterocycles. The molecule has 3 heteroatoms. The van der Waals surface area contributed by atoms with Crippen LogP contribution in [0.3, 0.4) is 0 Å². The van der Waals surface area contributed by atoms with Crippen LogP contribution in [0.1, 0.15) is 30.9 Å². The van der Waals surface area contributed by atoms with Crippen molar-refractivity contribution in [2.45, 2.75) is 25.3 Å². The van der Waals surface area contributed by atoms with Crippen LogP contribution in [0.4, 0.5) is 0 Å². The summed E-state index contributed by atoms with van der Waals surface area (Å²) in [6.45, 7) is 0. The molecule has 104 valence electrons. The number of carbonyl (C=O) groups is 1. The van der Waals surface area contributed by atoms with Crippen molar-refractivity contribution in [2.75, 3.05) is 0 Å². The summed E-state index contributed by atoms with van der Waals surface area (Å²) in [6.07, 6.45) is 1.48. The van der Waals surface area contributed by atoms with Gasteiger partial charge in [0.1, 0.15) is 0 Å². The summed E-state index contributed by atoms with van der Waals surface area (Å²) in [4.78, 5) is 10.5. The molecular weight excluding hydrogens is 250 g/mol. The molecule has 3 N–H and O–H groups in total. The number of aliphatic carboxylic acids is 1. The quantitative estimate of drug-likeness (QED) is 0.842. The van der Waals surface area contributed by atoms with Crippen molar-refractivity contribution in [3.63, 3.8) is 0 Å². The topological polar surface area (TPSA) is 63.3 Å². The number of nitrogens with two attached hydrogens (primary N) is 1. The van der Waals surface area contributed by atoms with Gasteiger partial charge in [0.15, 0.2) is 0 Å². The van der Waals surface area contributed by atoms with Gasteiger partial charge in [-0.05, 0) is 29.5 Å². The fourth-order valence-corrected chi connectivity index (χ4v) is 2.19.